The van der Waals surface area contributed by atoms with Crippen LogP contribution in [0.2, 0.25) is 0 Å². The van der Waals surface area contributed by atoms with Crippen molar-refractivity contribution in [2.24, 2.45) is 17.3 Å². The van der Waals surface area contributed by atoms with Crippen LogP contribution in [-0.2, 0) is 0 Å². The Morgan fingerprint density at radius 3 is 2.69 bits per heavy atom. The molecule has 1 rings (SSSR count). The van der Waals surface area contributed by atoms with Crippen LogP contribution in [0, 0.1) is 29.6 Å². The van der Waals surface area contributed by atoms with Crippen molar-refractivity contribution < 1.29 is 0 Å². The molecule has 1 aliphatic rings. The van der Waals surface area contributed by atoms with Gasteiger partial charge in [-0.3, -0.25) is 0 Å². The molecule has 0 aromatic heterocycles. The fraction of sp³-hybridized carbons (Fsp3) is 0.625. The minimum absolute atomic E-state index is 0.435. The molecule has 0 aromatic carbocycles. The van der Waals surface area contributed by atoms with Gasteiger partial charge in [0, 0.05) is 0 Å². The summed E-state index contributed by atoms with van der Waals surface area (Å²) in [5.41, 5.74) is 1.61. The van der Waals surface area contributed by atoms with Crippen molar-refractivity contribution in [1.82, 2.24) is 0 Å². The molecule has 88 valence electrons. The average Bonchev–Trinajstić information content (AvgIpc) is 2.16. The van der Waals surface area contributed by atoms with Crippen molar-refractivity contribution in [1.29, 1.82) is 0 Å². The number of hydrogen-bond donors (Lipinski definition) is 0. The molecule has 0 heteroatoms. The van der Waals surface area contributed by atoms with Crippen molar-refractivity contribution in [2.75, 3.05) is 0 Å². The van der Waals surface area contributed by atoms with Crippen molar-refractivity contribution in [2.45, 2.75) is 47.0 Å². The summed E-state index contributed by atoms with van der Waals surface area (Å²) in [5.74, 6) is 4.05. The Hall–Kier alpha value is -0.960. The van der Waals surface area contributed by atoms with E-state index in [-0.39, 0.29) is 0 Å². The molecule has 0 bridgehead atoms. The fourth-order valence-corrected chi connectivity index (χ4v) is 2.88. The van der Waals surface area contributed by atoms with Gasteiger partial charge in [0.1, 0.15) is 0 Å². The maximum atomic E-state index is 5.26. The molecule has 0 aromatic rings. The second kappa shape index (κ2) is 5.39. The maximum absolute atomic E-state index is 5.26. The zero-order valence-electron chi connectivity index (χ0n) is 11.1. The third kappa shape index (κ3) is 3.27. The molecule has 16 heavy (non-hydrogen) atoms. The predicted molar refractivity (Wildman–Crippen MR) is 72.0 cm³/mol. The van der Waals surface area contributed by atoms with E-state index in [9.17, 15) is 0 Å². The molecule has 0 aliphatic heterocycles. The van der Waals surface area contributed by atoms with Gasteiger partial charge in [-0.05, 0) is 42.2 Å². The smallest absolute Gasteiger partial charge is 0.00924 e. The molecule has 0 unspecified atom stereocenters. The third-order valence-corrected chi connectivity index (χ3v) is 3.87. The Morgan fingerprint density at radius 2 is 2.12 bits per heavy atom. The van der Waals surface area contributed by atoms with Gasteiger partial charge in [-0.15, -0.1) is 6.42 Å². The highest BCUT2D eigenvalue weighted by Crippen LogP contribution is 2.44. The summed E-state index contributed by atoms with van der Waals surface area (Å²) >= 11 is 0. The van der Waals surface area contributed by atoms with Crippen LogP contribution in [0.15, 0.2) is 23.8 Å². The van der Waals surface area contributed by atoms with E-state index in [4.69, 9.17) is 6.42 Å². The van der Waals surface area contributed by atoms with Gasteiger partial charge in [0.05, 0.1) is 0 Å². The van der Waals surface area contributed by atoms with Crippen LogP contribution in [0.4, 0.5) is 0 Å². The standard InChI is InChI=1S/C16H24/c1-6-8-13(2)10-11-15-14(3)9-7-12-16(15,4)5/h1,8,10-11,14-15H,7,9,12H2,2-5H3/b11-10+,13-8+/t14-,15-/m0/s1. The molecule has 0 N–H and O–H groups in total. The molecule has 0 saturated heterocycles. The lowest BCUT2D eigenvalue weighted by molar-refractivity contribution is 0.123. The fourth-order valence-electron chi connectivity index (χ4n) is 2.88. The lowest BCUT2D eigenvalue weighted by Gasteiger charge is -2.41. The first-order chi connectivity index (χ1) is 7.47. The topological polar surface area (TPSA) is 0 Å². The van der Waals surface area contributed by atoms with Crippen molar-refractivity contribution in [3.8, 4) is 12.3 Å². The highest BCUT2D eigenvalue weighted by atomic mass is 14.4. The Balaban J connectivity index is 2.77. The zero-order valence-corrected chi connectivity index (χ0v) is 11.1. The molecule has 0 heterocycles. The van der Waals surface area contributed by atoms with Crippen LogP contribution in [0.3, 0.4) is 0 Å². The SMILES string of the molecule is C#C/C=C(C)/C=C/[C@H]1[C@@H](C)CCCC1(C)C. The summed E-state index contributed by atoms with van der Waals surface area (Å²) in [7, 11) is 0. The van der Waals surface area contributed by atoms with Gasteiger partial charge in [-0.2, -0.15) is 0 Å². The molecule has 1 saturated carbocycles. The van der Waals surface area contributed by atoms with E-state index in [0.29, 0.717) is 11.3 Å². The van der Waals surface area contributed by atoms with E-state index >= 15 is 0 Å². The summed E-state index contributed by atoms with van der Waals surface area (Å²) in [5, 5.41) is 0. The van der Waals surface area contributed by atoms with Crippen LogP contribution in [-0.4, -0.2) is 0 Å². The van der Waals surface area contributed by atoms with E-state index in [1.807, 2.05) is 6.08 Å². The van der Waals surface area contributed by atoms with Crippen LogP contribution in [0.25, 0.3) is 0 Å². The van der Waals surface area contributed by atoms with Crippen LogP contribution >= 0.6 is 0 Å². The Bertz CT molecular complexity index is 322. The molecule has 1 fully saturated rings. The van der Waals surface area contributed by atoms with Gasteiger partial charge in [-0.25, -0.2) is 0 Å². The van der Waals surface area contributed by atoms with Gasteiger partial charge in [0.25, 0.3) is 0 Å². The highest BCUT2D eigenvalue weighted by Gasteiger charge is 2.34. The first-order valence-corrected chi connectivity index (χ1v) is 6.28. The van der Waals surface area contributed by atoms with Crippen molar-refractivity contribution in [3.63, 3.8) is 0 Å². The van der Waals surface area contributed by atoms with Gasteiger partial charge in [-0.1, -0.05) is 51.7 Å². The number of terminal acetylenes is 1. The van der Waals surface area contributed by atoms with Crippen molar-refractivity contribution in [3.05, 3.63) is 23.8 Å². The summed E-state index contributed by atoms with van der Waals surface area (Å²) in [4.78, 5) is 0. The predicted octanol–water partition coefficient (Wildman–Crippen LogP) is 4.58. The summed E-state index contributed by atoms with van der Waals surface area (Å²) < 4.78 is 0. The average molecular weight is 216 g/mol. The molecular weight excluding hydrogens is 192 g/mol. The molecular formula is C16H24. The first kappa shape index (κ1) is 13.1. The first-order valence-electron chi connectivity index (χ1n) is 6.28. The summed E-state index contributed by atoms with van der Waals surface area (Å²) in [6, 6.07) is 0. The van der Waals surface area contributed by atoms with E-state index in [2.05, 4.69) is 45.8 Å². The number of hydrogen-bond acceptors (Lipinski definition) is 0. The minimum Gasteiger partial charge on any atom is -0.115 e. The van der Waals surface area contributed by atoms with Crippen LogP contribution in [0.1, 0.15) is 47.0 Å². The quantitative estimate of drug-likeness (QED) is 0.468. The molecule has 0 nitrogen and oxygen atoms in total. The maximum Gasteiger partial charge on any atom is -0.00924 e. The summed E-state index contributed by atoms with van der Waals surface area (Å²) in [6.45, 7) is 9.21. The van der Waals surface area contributed by atoms with Gasteiger partial charge in [0.2, 0.25) is 0 Å². The molecule has 2 atom stereocenters. The summed E-state index contributed by atoms with van der Waals surface area (Å²) in [6.07, 6.45) is 15.7. The Labute approximate surface area is 101 Å². The van der Waals surface area contributed by atoms with Gasteiger partial charge in [0.15, 0.2) is 0 Å². The lowest BCUT2D eigenvalue weighted by Crippen LogP contribution is -2.32. The third-order valence-electron chi connectivity index (χ3n) is 3.87. The molecule has 0 radical (unpaired) electrons. The van der Waals surface area contributed by atoms with Crippen molar-refractivity contribution >= 4 is 0 Å². The normalized spacial score (nSPS) is 30.3. The highest BCUT2D eigenvalue weighted by molar-refractivity contribution is 5.25. The zero-order chi connectivity index (χ0) is 12.2. The second-order valence-electron chi connectivity index (χ2n) is 5.80. The van der Waals surface area contributed by atoms with E-state index in [0.717, 1.165) is 5.92 Å². The largest absolute Gasteiger partial charge is 0.115 e. The monoisotopic (exact) mass is 216 g/mol. The lowest BCUT2D eigenvalue weighted by atomic mass is 9.64. The number of allylic oxidation sites excluding steroid dienone is 4. The minimum atomic E-state index is 0.435. The van der Waals surface area contributed by atoms with Crippen LogP contribution < -0.4 is 0 Å². The molecule has 0 spiro atoms. The van der Waals surface area contributed by atoms with Gasteiger partial charge < -0.3 is 0 Å². The van der Waals surface area contributed by atoms with Gasteiger partial charge >= 0.3 is 0 Å². The second-order valence-corrected chi connectivity index (χ2v) is 5.80. The van der Waals surface area contributed by atoms with E-state index in [1.165, 1.54) is 24.8 Å². The Morgan fingerprint density at radius 1 is 1.44 bits per heavy atom. The molecule has 0 amide bonds. The Kier molecular flexibility index (Phi) is 4.42. The molecule has 1 aliphatic carbocycles. The van der Waals surface area contributed by atoms with Crippen LogP contribution in [0.5, 0.6) is 0 Å². The number of rotatable bonds is 2. The van der Waals surface area contributed by atoms with E-state index in [1.54, 1.807) is 0 Å². The van der Waals surface area contributed by atoms with E-state index < -0.39 is 0 Å².